The lowest BCUT2D eigenvalue weighted by Gasteiger charge is -2.08. The fourth-order valence-corrected chi connectivity index (χ4v) is 2.18. The highest BCUT2D eigenvalue weighted by atomic mass is 15.1. The normalized spacial score (nSPS) is 11.7. The smallest absolute Gasteiger partial charge is 0.116 e. The summed E-state index contributed by atoms with van der Waals surface area (Å²) in [5, 5.41) is 6.12. The Hall–Kier alpha value is -2.68. The molecular weight excluding hydrogens is 234 g/mol. The van der Waals surface area contributed by atoms with Crippen LogP contribution in [0.1, 0.15) is 11.3 Å². The second kappa shape index (κ2) is 4.90. The van der Waals surface area contributed by atoms with E-state index < -0.39 is 0 Å². The van der Waals surface area contributed by atoms with Crippen molar-refractivity contribution in [3.8, 4) is 0 Å². The fraction of sp³-hybridized carbons (Fsp3) is 0. The maximum atomic E-state index is 5.58. The zero-order valence-corrected chi connectivity index (χ0v) is 10.3. The Balaban J connectivity index is 2.24. The van der Waals surface area contributed by atoms with Crippen LogP contribution in [0.4, 0.5) is 0 Å². The van der Waals surface area contributed by atoms with E-state index >= 15 is 0 Å². The first-order valence-corrected chi connectivity index (χ1v) is 6.07. The van der Waals surface area contributed by atoms with E-state index in [1.807, 2.05) is 54.6 Å². The van der Waals surface area contributed by atoms with Crippen LogP contribution < -0.4 is 5.84 Å². The molecule has 0 saturated carbocycles. The van der Waals surface area contributed by atoms with Crippen LogP contribution in [0.15, 0.2) is 72.0 Å². The van der Waals surface area contributed by atoms with E-state index in [9.17, 15) is 0 Å². The molecule has 0 aliphatic carbocycles. The molecule has 0 spiro atoms. The van der Waals surface area contributed by atoms with E-state index in [0.717, 1.165) is 22.0 Å². The first kappa shape index (κ1) is 11.4. The van der Waals surface area contributed by atoms with Gasteiger partial charge in [-0.05, 0) is 11.5 Å². The lowest BCUT2D eigenvalue weighted by atomic mass is 10.0. The van der Waals surface area contributed by atoms with Crippen LogP contribution in [-0.2, 0) is 0 Å². The van der Waals surface area contributed by atoms with Gasteiger partial charge in [-0.25, -0.2) is 0 Å². The predicted octanol–water partition coefficient (Wildman–Crippen LogP) is 2.95. The van der Waals surface area contributed by atoms with Gasteiger partial charge in [0.15, 0.2) is 0 Å². The summed E-state index contributed by atoms with van der Waals surface area (Å²) in [6.45, 7) is 0. The van der Waals surface area contributed by atoms with Gasteiger partial charge in [0.25, 0.3) is 0 Å². The van der Waals surface area contributed by atoms with Gasteiger partial charge in [0, 0.05) is 17.1 Å². The Labute approximate surface area is 111 Å². The molecule has 0 aliphatic rings. The van der Waals surface area contributed by atoms with Crippen molar-refractivity contribution in [3.05, 3.63) is 78.1 Å². The van der Waals surface area contributed by atoms with Gasteiger partial charge in [-0.3, -0.25) is 4.98 Å². The topological polar surface area (TPSA) is 51.3 Å². The number of fused-ring (bicyclic) bond motifs is 1. The molecule has 19 heavy (non-hydrogen) atoms. The highest BCUT2D eigenvalue weighted by Crippen LogP contribution is 2.19. The molecule has 0 amide bonds. The van der Waals surface area contributed by atoms with Crippen LogP contribution in [0.5, 0.6) is 0 Å². The highest BCUT2D eigenvalue weighted by molar-refractivity contribution is 6.17. The molecule has 1 aromatic heterocycles. The van der Waals surface area contributed by atoms with Crippen LogP contribution in [0.2, 0.25) is 0 Å². The predicted molar refractivity (Wildman–Crippen MR) is 78.0 cm³/mol. The molecule has 2 aromatic carbocycles. The summed E-state index contributed by atoms with van der Waals surface area (Å²) in [5.41, 5.74) is 2.48. The molecule has 0 aliphatic heterocycles. The zero-order valence-electron chi connectivity index (χ0n) is 10.3. The van der Waals surface area contributed by atoms with Gasteiger partial charge in [-0.1, -0.05) is 54.6 Å². The molecule has 0 radical (unpaired) electrons. The van der Waals surface area contributed by atoms with Crippen molar-refractivity contribution in [2.45, 2.75) is 0 Å². The van der Waals surface area contributed by atoms with Crippen LogP contribution in [0, 0.1) is 0 Å². The quantitative estimate of drug-likeness (QED) is 0.430. The van der Waals surface area contributed by atoms with Crippen molar-refractivity contribution in [2.75, 3.05) is 0 Å². The Morgan fingerprint density at radius 3 is 2.42 bits per heavy atom. The average molecular weight is 247 g/mol. The Morgan fingerprint density at radius 1 is 0.895 bits per heavy atom. The van der Waals surface area contributed by atoms with Crippen molar-refractivity contribution < 1.29 is 0 Å². The number of rotatable bonds is 2. The Kier molecular flexibility index (Phi) is 2.94. The third-order valence-corrected chi connectivity index (χ3v) is 3.07. The third-order valence-electron chi connectivity index (χ3n) is 3.07. The van der Waals surface area contributed by atoms with E-state index in [1.165, 1.54) is 0 Å². The largest absolute Gasteiger partial charge is 0.323 e. The van der Waals surface area contributed by atoms with Gasteiger partial charge >= 0.3 is 0 Å². The lowest BCUT2D eigenvalue weighted by Crippen LogP contribution is -2.09. The molecule has 3 aromatic rings. The number of nitrogens with two attached hydrogens (primary N) is 1. The molecule has 1 heterocycles. The molecule has 0 unspecified atom stereocenters. The number of nitrogens with zero attached hydrogens (tertiary/aromatic N) is 2. The number of benzene rings is 2. The van der Waals surface area contributed by atoms with Crippen molar-refractivity contribution in [1.29, 1.82) is 0 Å². The summed E-state index contributed by atoms with van der Waals surface area (Å²) in [5.74, 6) is 5.58. The lowest BCUT2D eigenvalue weighted by molar-refractivity contribution is 1.22. The van der Waals surface area contributed by atoms with Gasteiger partial charge < -0.3 is 5.84 Å². The minimum absolute atomic E-state index is 0.706. The van der Waals surface area contributed by atoms with Crippen LogP contribution >= 0.6 is 0 Å². The van der Waals surface area contributed by atoms with Gasteiger partial charge in [-0.2, -0.15) is 5.10 Å². The number of hydrogen-bond acceptors (Lipinski definition) is 3. The highest BCUT2D eigenvalue weighted by Gasteiger charge is 2.11. The Morgan fingerprint density at radius 2 is 1.63 bits per heavy atom. The summed E-state index contributed by atoms with van der Waals surface area (Å²) in [7, 11) is 0. The summed E-state index contributed by atoms with van der Waals surface area (Å²) >= 11 is 0. The first-order chi connectivity index (χ1) is 9.40. The molecule has 0 atom stereocenters. The van der Waals surface area contributed by atoms with Crippen LogP contribution in [0.25, 0.3) is 10.8 Å². The third kappa shape index (κ3) is 2.06. The van der Waals surface area contributed by atoms with Crippen LogP contribution in [-0.4, -0.2) is 10.7 Å². The van der Waals surface area contributed by atoms with Gasteiger partial charge in [0.05, 0.1) is 5.69 Å². The molecule has 0 bridgehead atoms. The second-order valence-corrected chi connectivity index (χ2v) is 4.22. The van der Waals surface area contributed by atoms with Gasteiger partial charge in [-0.15, -0.1) is 0 Å². The van der Waals surface area contributed by atoms with Crippen molar-refractivity contribution in [2.24, 2.45) is 10.9 Å². The molecule has 0 fully saturated rings. The number of hydrazone groups is 1. The minimum Gasteiger partial charge on any atom is -0.323 e. The molecule has 92 valence electrons. The molecule has 3 rings (SSSR count). The van der Waals surface area contributed by atoms with Gasteiger partial charge in [0.2, 0.25) is 0 Å². The van der Waals surface area contributed by atoms with E-state index in [4.69, 9.17) is 5.84 Å². The zero-order chi connectivity index (χ0) is 13.1. The monoisotopic (exact) mass is 247 g/mol. The van der Waals surface area contributed by atoms with E-state index in [0.29, 0.717) is 5.71 Å². The number of pyridine rings is 1. The summed E-state index contributed by atoms with van der Waals surface area (Å²) in [6, 6.07) is 19.9. The summed E-state index contributed by atoms with van der Waals surface area (Å²) < 4.78 is 0. The van der Waals surface area contributed by atoms with Crippen molar-refractivity contribution >= 4 is 16.5 Å². The number of hydrogen-bond donors (Lipinski definition) is 1. The Bertz CT molecular complexity index is 728. The van der Waals surface area contributed by atoms with Crippen LogP contribution in [0.3, 0.4) is 0 Å². The van der Waals surface area contributed by atoms with E-state index in [-0.39, 0.29) is 0 Å². The molecule has 0 saturated heterocycles. The molecule has 2 N–H and O–H groups in total. The van der Waals surface area contributed by atoms with E-state index in [1.54, 1.807) is 6.20 Å². The van der Waals surface area contributed by atoms with Crippen molar-refractivity contribution in [1.82, 2.24) is 4.98 Å². The SMILES string of the molecule is NN=C(c1ccccc1)c1nccc2ccccc12. The van der Waals surface area contributed by atoms with E-state index in [2.05, 4.69) is 16.2 Å². The molecule has 3 heteroatoms. The molecule has 3 nitrogen and oxygen atoms in total. The molecular formula is C16H13N3. The minimum atomic E-state index is 0.706. The second-order valence-electron chi connectivity index (χ2n) is 4.22. The van der Waals surface area contributed by atoms with Crippen molar-refractivity contribution in [3.63, 3.8) is 0 Å². The maximum Gasteiger partial charge on any atom is 0.116 e. The summed E-state index contributed by atoms with van der Waals surface area (Å²) in [4.78, 5) is 4.44. The number of aromatic nitrogens is 1. The fourth-order valence-electron chi connectivity index (χ4n) is 2.18. The first-order valence-electron chi connectivity index (χ1n) is 6.07. The van der Waals surface area contributed by atoms with Gasteiger partial charge in [0.1, 0.15) is 5.71 Å². The summed E-state index contributed by atoms with van der Waals surface area (Å²) in [6.07, 6.45) is 1.78. The standard InChI is InChI=1S/C16H13N3/c17-19-15(13-7-2-1-3-8-13)16-14-9-5-4-6-12(14)10-11-18-16/h1-11H,17H2. The average Bonchev–Trinajstić information content (AvgIpc) is 2.49. The maximum absolute atomic E-state index is 5.58.